The smallest absolute Gasteiger partial charge is 0.335 e. The van der Waals surface area contributed by atoms with Gasteiger partial charge in [-0.3, -0.25) is 8.86 Å². The molecule has 2 aromatic rings. The number of carboxylic acids is 1. The lowest BCUT2D eigenvalue weighted by molar-refractivity contribution is 0.0697. The Hall–Kier alpha value is -2.18. The zero-order valence-corrected chi connectivity index (χ0v) is 11.5. The molecule has 1 unspecified atom stereocenters. The van der Waals surface area contributed by atoms with E-state index in [1.165, 1.54) is 23.5 Å². The predicted molar refractivity (Wildman–Crippen MR) is 78.0 cm³/mol. The lowest BCUT2D eigenvalue weighted by Crippen LogP contribution is -2.18. The van der Waals surface area contributed by atoms with Crippen molar-refractivity contribution in [2.24, 2.45) is 0 Å². The first-order valence-electron chi connectivity index (χ1n) is 5.77. The van der Waals surface area contributed by atoms with Crippen LogP contribution in [0.2, 0.25) is 0 Å². The van der Waals surface area contributed by atoms with Crippen LogP contribution in [0.5, 0.6) is 0 Å². The van der Waals surface area contributed by atoms with Gasteiger partial charge in [-0.05, 0) is 35.4 Å². The number of nitrogens with zero attached hydrogens (tertiary/aromatic N) is 1. The highest BCUT2D eigenvalue weighted by molar-refractivity contribution is 7.80. The zero-order valence-electron chi connectivity index (χ0n) is 10.7. The molecule has 0 saturated heterocycles. The highest BCUT2D eigenvalue weighted by Crippen LogP contribution is 2.25. The summed E-state index contributed by atoms with van der Waals surface area (Å²) in [5.74, 6) is -0.972. The number of carbonyl (C=O) groups is 1. The first-order valence-corrected chi connectivity index (χ1v) is 6.84. The van der Waals surface area contributed by atoms with E-state index in [1.54, 1.807) is 30.3 Å². The van der Waals surface area contributed by atoms with Crippen LogP contribution in [0.25, 0.3) is 11.1 Å². The fraction of sp³-hybridized carbons (Fsp3) is 0.0714. The van der Waals surface area contributed by atoms with Crippen LogP contribution >= 0.6 is 0 Å². The molecule has 0 saturated carbocycles. The van der Waals surface area contributed by atoms with E-state index in [1.807, 2.05) is 6.07 Å². The summed E-state index contributed by atoms with van der Waals surface area (Å²) in [4.78, 5) is 10.8. The summed E-state index contributed by atoms with van der Waals surface area (Å²) in [5, 5.41) is 8.86. The molecule has 0 heterocycles. The van der Waals surface area contributed by atoms with Crippen molar-refractivity contribution in [3.05, 3.63) is 54.1 Å². The summed E-state index contributed by atoms with van der Waals surface area (Å²) in [7, 11) is 1.52. The molecule has 0 radical (unpaired) electrons. The normalized spacial score (nSPS) is 11.9. The summed E-state index contributed by atoms with van der Waals surface area (Å²) >= 11 is -2.08. The minimum absolute atomic E-state index is 0.221. The Morgan fingerprint density at radius 2 is 1.75 bits per heavy atom. The molecular formula is C14H13NO4S. The molecule has 2 rings (SSSR count). The van der Waals surface area contributed by atoms with Gasteiger partial charge in [-0.1, -0.05) is 24.3 Å². The van der Waals surface area contributed by atoms with Gasteiger partial charge in [0.15, 0.2) is 0 Å². The van der Waals surface area contributed by atoms with Crippen molar-refractivity contribution in [1.29, 1.82) is 0 Å². The van der Waals surface area contributed by atoms with Crippen LogP contribution in [-0.4, -0.2) is 26.9 Å². The second kappa shape index (κ2) is 5.85. The van der Waals surface area contributed by atoms with Crippen LogP contribution in [0, 0.1) is 0 Å². The van der Waals surface area contributed by atoms with Crippen LogP contribution in [-0.2, 0) is 11.3 Å². The Morgan fingerprint density at radius 1 is 1.10 bits per heavy atom. The van der Waals surface area contributed by atoms with Gasteiger partial charge in [0, 0.05) is 7.05 Å². The molecule has 0 spiro atoms. The van der Waals surface area contributed by atoms with E-state index >= 15 is 0 Å². The highest BCUT2D eigenvalue weighted by atomic mass is 32.2. The molecule has 2 N–H and O–H groups in total. The molecule has 6 heteroatoms. The van der Waals surface area contributed by atoms with E-state index in [9.17, 15) is 9.00 Å². The Labute approximate surface area is 118 Å². The first-order chi connectivity index (χ1) is 9.49. The van der Waals surface area contributed by atoms with Gasteiger partial charge in [0.1, 0.15) is 0 Å². The summed E-state index contributed by atoms with van der Waals surface area (Å²) in [6.07, 6.45) is 0. The van der Waals surface area contributed by atoms with Crippen LogP contribution in [0.4, 0.5) is 5.69 Å². The number of anilines is 1. The average Bonchev–Trinajstić information content (AvgIpc) is 2.46. The quantitative estimate of drug-likeness (QED) is 0.849. The lowest BCUT2D eigenvalue weighted by atomic mass is 10.0. The molecule has 1 atom stereocenters. The molecule has 104 valence electrons. The van der Waals surface area contributed by atoms with Gasteiger partial charge in [0.2, 0.25) is 0 Å². The summed E-state index contributed by atoms with van der Waals surface area (Å²) in [6.45, 7) is 0. The molecular weight excluding hydrogens is 278 g/mol. The van der Waals surface area contributed by atoms with E-state index < -0.39 is 17.2 Å². The van der Waals surface area contributed by atoms with Crippen molar-refractivity contribution in [2.45, 2.75) is 0 Å². The van der Waals surface area contributed by atoms with Crippen LogP contribution in [0.3, 0.4) is 0 Å². The van der Waals surface area contributed by atoms with Crippen LogP contribution in [0.1, 0.15) is 10.4 Å². The third kappa shape index (κ3) is 3.04. The van der Waals surface area contributed by atoms with E-state index in [0.717, 1.165) is 11.1 Å². The third-order valence-electron chi connectivity index (χ3n) is 2.91. The molecule has 0 aliphatic heterocycles. The number of benzene rings is 2. The van der Waals surface area contributed by atoms with E-state index in [-0.39, 0.29) is 5.56 Å². The minimum atomic E-state index is -2.08. The number of hydrogen-bond acceptors (Lipinski definition) is 2. The van der Waals surface area contributed by atoms with Crippen molar-refractivity contribution >= 4 is 22.9 Å². The van der Waals surface area contributed by atoms with Crippen LogP contribution in [0.15, 0.2) is 48.5 Å². The van der Waals surface area contributed by atoms with Crippen molar-refractivity contribution in [3.63, 3.8) is 0 Å². The topological polar surface area (TPSA) is 77.8 Å². The zero-order chi connectivity index (χ0) is 14.7. The number of carboxylic acid groups (broad SMARTS) is 1. The monoisotopic (exact) mass is 291 g/mol. The number of rotatable bonds is 4. The molecule has 0 amide bonds. The average molecular weight is 291 g/mol. The lowest BCUT2D eigenvalue weighted by Gasteiger charge is -2.14. The van der Waals surface area contributed by atoms with Gasteiger partial charge in [-0.25, -0.2) is 9.00 Å². The molecule has 2 aromatic carbocycles. The Morgan fingerprint density at radius 3 is 2.30 bits per heavy atom. The summed E-state index contributed by atoms with van der Waals surface area (Å²) < 4.78 is 21.3. The Kier molecular flexibility index (Phi) is 4.16. The van der Waals surface area contributed by atoms with Gasteiger partial charge in [0.25, 0.3) is 11.3 Å². The largest absolute Gasteiger partial charge is 0.478 e. The molecule has 0 bridgehead atoms. The van der Waals surface area contributed by atoms with E-state index in [4.69, 9.17) is 9.66 Å². The fourth-order valence-corrected chi connectivity index (χ4v) is 2.07. The molecule has 0 aliphatic carbocycles. The molecule has 0 fully saturated rings. The second-order valence-corrected chi connectivity index (χ2v) is 5.17. The minimum Gasteiger partial charge on any atom is -0.478 e. The Balaban J connectivity index is 2.35. The van der Waals surface area contributed by atoms with Crippen molar-refractivity contribution in [1.82, 2.24) is 0 Å². The van der Waals surface area contributed by atoms with Gasteiger partial charge in [-0.2, -0.15) is 0 Å². The standard InChI is InChI=1S/C14H13NO4S/c1-15(20(18)19)13-4-2-3-12(9-13)10-5-7-11(8-6-10)14(16)17/h2-9H,1H3,(H,16,17)(H,18,19). The van der Waals surface area contributed by atoms with Gasteiger partial charge in [0.05, 0.1) is 11.3 Å². The maximum Gasteiger partial charge on any atom is 0.335 e. The summed E-state index contributed by atoms with van der Waals surface area (Å²) in [5.41, 5.74) is 2.51. The Bertz CT molecular complexity index is 654. The maximum absolute atomic E-state index is 11.0. The van der Waals surface area contributed by atoms with Gasteiger partial charge in [-0.15, -0.1) is 0 Å². The molecule has 0 aromatic heterocycles. The van der Waals surface area contributed by atoms with E-state index in [2.05, 4.69) is 0 Å². The fourth-order valence-electron chi connectivity index (χ4n) is 1.78. The number of hydrogen-bond donors (Lipinski definition) is 2. The SMILES string of the molecule is CN(c1cccc(-c2ccc(C(=O)O)cc2)c1)S(=O)O. The molecule has 0 aliphatic rings. The molecule has 5 nitrogen and oxygen atoms in total. The van der Waals surface area contributed by atoms with Crippen molar-refractivity contribution in [3.8, 4) is 11.1 Å². The van der Waals surface area contributed by atoms with Crippen molar-refractivity contribution < 1.29 is 18.7 Å². The summed E-state index contributed by atoms with van der Waals surface area (Å²) in [6, 6.07) is 13.6. The maximum atomic E-state index is 11.0. The third-order valence-corrected chi connectivity index (χ3v) is 3.59. The van der Waals surface area contributed by atoms with Crippen LogP contribution < -0.4 is 4.31 Å². The predicted octanol–water partition coefficient (Wildman–Crippen LogP) is 2.62. The van der Waals surface area contributed by atoms with Crippen molar-refractivity contribution in [2.75, 3.05) is 11.4 Å². The van der Waals surface area contributed by atoms with Gasteiger partial charge >= 0.3 is 5.97 Å². The van der Waals surface area contributed by atoms with E-state index in [0.29, 0.717) is 5.69 Å². The second-order valence-electron chi connectivity index (χ2n) is 4.16. The molecule has 20 heavy (non-hydrogen) atoms. The van der Waals surface area contributed by atoms with Gasteiger partial charge < -0.3 is 5.11 Å². The highest BCUT2D eigenvalue weighted by Gasteiger charge is 2.08. The first kappa shape index (κ1) is 14.2. The number of aromatic carboxylic acids is 1.